The van der Waals surface area contributed by atoms with Gasteiger partial charge in [-0.1, -0.05) is 6.07 Å². The number of aryl methyl sites for hydroxylation is 1. The molecule has 1 aromatic carbocycles. The number of nitro groups is 1. The number of hydrogen-bond donors (Lipinski definition) is 0. The van der Waals surface area contributed by atoms with Crippen LogP contribution in [-0.2, 0) is 16.6 Å². The predicted molar refractivity (Wildman–Crippen MR) is 98.5 cm³/mol. The third-order valence-electron chi connectivity index (χ3n) is 4.48. The molecule has 0 saturated carbocycles. The minimum Gasteiger partial charge on any atom is -0.497 e. The molecule has 1 saturated heterocycles. The summed E-state index contributed by atoms with van der Waals surface area (Å²) in [6, 6.07) is 7.54. The highest BCUT2D eigenvalue weighted by molar-refractivity contribution is 7.89. The maximum Gasteiger partial charge on any atom is 0.410 e. The van der Waals surface area contributed by atoms with Crippen molar-refractivity contribution in [2.75, 3.05) is 38.2 Å². The second kappa shape index (κ2) is 7.53. The van der Waals surface area contributed by atoms with Gasteiger partial charge in [-0.25, -0.2) is 8.42 Å². The van der Waals surface area contributed by atoms with Gasteiger partial charge in [0.1, 0.15) is 5.75 Å². The van der Waals surface area contributed by atoms with E-state index in [1.54, 1.807) is 14.0 Å². The van der Waals surface area contributed by atoms with E-state index >= 15 is 0 Å². The van der Waals surface area contributed by atoms with Crippen molar-refractivity contribution in [1.29, 1.82) is 0 Å². The molecule has 1 aromatic heterocycles. The Morgan fingerprint density at radius 1 is 1.26 bits per heavy atom. The molecule has 10 nitrogen and oxygen atoms in total. The van der Waals surface area contributed by atoms with Crippen LogP contribution in [0.1, 0.15) is 6.92 Å². The van der Waals surface area contributed by atoms with E-state index in [0.717, 1.165) is 11.4 Å². The minimum atomic E-state index is -3.99. The molecule has 0 radical (unpaired) electrons. The molecule has 1 aliphatic heterocycles. The van der Waals surface area contributed by atoms with Crippen LogP contribution in [0.3, 0.4) is 0 Å². The Labute approximate surface area is 157 Å². The maximum atomic E-state index is 12.9. The van der Waals surface area contributed by atoms with E-state index in [2.05, 4.69) is 10.00 Å². The summed E-state index contributed by atoms with van der Waals surface area (Å²) in [6.07, 6.45) is 1.22. The van der Waals surface area contributed by atoms with Crippen molar-refractivity contribution >= 4 is 21.5 Å². The highest BCUT2D eigenvalue weighted by Crippen LogP contribution is 2.28. The van der Waals surface area contributed by atoms with Crippen LogP contribution in [0.5, 0.6) is 5.75 Å². The van der Waals surface area contributed by atoms with Gasteiger partial charge in [0.15, 0.2) is 0 Å². The summed E-state index contributed by atoms with van der Waals surface area (Å²) < 4.78 is 33.6. The van der Waals surface area contributed by atoms with E-state index < -0.39 is 20.8 Å². The summed E-state index contributed by atoms with van der Waals surface area (Å²) in [4.78, 5) is 12.1. The van der Waals surface area contributed by atoms with Crippen molar-refractivity contribution in [2.24, 2.45) is 0 Å². The lowest BCUT2D eigenvalue weighted by Gasteiger charge is -2.35. The molecule has 0 N–H and O–H groups in total. The van der Waals surface area contributed by atoms with Gasteiger partial charge in [-0.05, 0) is 24.0 Å². The number of hydrogen-bond acceptors (Lipinski definition) is 7. The topological polar surface area (TPSA) is 111 Å². The average molecular weight is 395 g/mol. The first kappa shape index (κ1) is 19.1. The summed E-state index contributed by atoms with van der Waals surface area (Å²) in [5.74, 6) is 0.0947. The second-order valence-corrected chi connectivity index (χ2v) is 7.93. The molecule has 0 atom stereocenters. The quantitative estimate of drug-likeness (QED) is 0.536. The average Bonchev–Trinajstić information content (AvgIpc) is 3.14. The van der Waals surface area contributed by atoms with Gasteiger partial charge in [0.2, 0.25) is 4.90 Å². The molecular formula is C16H21N5O5S. The highest BCUT2D eigenvalue weighted by Gasteiger charge is 2.37. The van der Waals surface area contributed by atoms with Crippen molar-refractivity contribution < 1.29 is 18.1 Å². The van der Waals surface area contributed by atoms with Crippen LogP contribution in [0.4, 0.5) is 11.5 Å². The van der Waals surface area contributed by atoms with Crippen molar-refractivity contribution in [2.45, 2.75) is 18.4 Å². The molecule has 3 rings (SSSR count). The molecule has 0 spiro atoms. The maximum absolute atomic E-state index is 12.9. The minimum absolute atomic E-state index is 0.230. The van der Waals surface area contributed by atoms with E-state index in [4.69, 9.17) is 4.74 Å². The van der Waals surface area contributed by atoms with Gasteiger partial charge in [-0.2, -0.15) is 8.99 Å². The molecule has 2 heterocycles. The Kier molecular flexibility index (Phi) is 5.33. The number of anilines is 1. The summed E-state index contributed by atoms with van der Waals surface area (Å²) in [5, 5.41) is 15.0. The van der Waals surface area contributed by atoms with Gasteiger partial charge in [-0.15, -0.1) is 0 Å². The van der Waals surface area contributed by atoms with Gasteiger partial charge < -0.3 is 19.8 Å². The molecule has 0 amide bonds. The number of sulfonamides is 1. The number of rotatable bonds is 6. The number of aromatic nitrogens is 2. The summed E-state index contributed by atoms with van der Waals surface area (Å²) >= 11 is 0. The van der Waals surface area contributed by atoms with Gasteiger partial charge in [0, 0.05) is 37.9 Å². The number of benzene rings is 1. The highest BCUT2D eigenvalue weighted by atomic mass is 32.2. The molecular weight excluding hydrogens is 374 g/mol. The molecule has 27 heavy (non-hydrogen) atoms. The molecule has 1 aliphatic rings. The zero-order chi connectivity index (χ0) is 19.6. The monoisotopic (exact) mass is 395 g/mol. The molecule has 1 fully saturated rings. The van der Waals surface area contributed by atoms with Crippen LogP contribution in [0.25, 0.3) is 0 Å². The predicted octanol–water partition coefficient (Wildman–Crippen LogP) is 1.33. The van der Waals surface area contributed by atoms with E-state index in [0.29, 0.717) is 19.6 Å². The van der Waals surface area contributed by atoms with Crippen LogP contribution in [-0.4, -0.2) is 60.7 Å². The Bertz CT molecular complexity index is 934. The SMILES string of the molecule is CCn1cc(S(=O)(=O)N2CCN(c3cccc(OC)c3)CC2)c([N+](=O)[O-])n1. The molecule has 0 aliphatic carbocycles. The fraction of sp³-hybridized carbons (Fsp3) is 0.438. The zero-order valence-electron chi connectivity index (χ0n) is 15.1. The first-order chi connectivity index (χ1) is 12.9. The number of piperazine rings is 1. The molecule has 0 bridgehead atoms. The third-order valence-corrected chi connectivity index (χ3v) is 6.37. The molecule has 11 heteroatoms. The lowest BCUT2D eigenvalue weighted by Crippen LogP contribution is -2.48. The first-order valence-corrected chi connectivity index (χ1v) is 9.91. The van der Waals surface area contributed by atoms with E-state index in [9.17, 15) is 18.5 Å². The van der Waals surface area contributed by atoms with Crippen LogP contribution in [0.2, 0.25) is 0 Å². The summed E-state index contributed by atoms with van der Waals surface area (Å²) in [6.45, 7) is 3.49. The van der Waals surface area contributed by atoms with Crippen LogP contribution < -0.4 is 9.64 Å². The lowest BCUT2D eigenvalue weighted by molar-refractivity contribution is -0.392. The number of ether oxygens (including phenoxy) is 1. The van der Waals surface area contributed by atoms with Gasteiger partial charge in [0.25, 0.3) is 10.0 Å². The van der Waals surface area contributed by atoms with Crippen molar-refractivity contribution in [3.63, 3.8) is 0 Å². The largest absolute Gasteiger partial charge is 0.497 e. The third kappa shape index (κ3) is 3.74. The van der Waals surface area contributed by atoms with Crippen molar-refractivity contribution in [3.05, 3.63) is 40.6 Å². The fourth-order valence-corrected chi connectivity index (χ4v) is 4.52. The molecule has 2 aromatic rings. The van der Waals surface area contributed by atoms with Gasteiger partial charge in [-0.3, -0.25) is 0 Å². The second-order valence-electron chi connectivity index (χ2n) is 6.02. The first-order valence-electron chi connectivity index (χ1n) is 8.47. The molecule has 146 valence electrons. The van der Waals surface area contributed by atoms with Crippen molar-refractivity contribution in [3.8, 4) is 5.75 Å². The standard InChI is InChI=1S/C16H21N5O5S/c1-3-19-12-15(16(17-19)21(22)23)27(24,25)20-9-7-18(8-10-20)13-5-4-6-14(11-13)26-2/h4-6,11-12H,3,7-10H2,1-2H3. The van der Waals surface area contributed by atoms with E-state index in [1.165, 1.54) is 15.2 Å². The van der Waals surface area contributed by atoms with E-state index in [1.807, 2.05) is 24.3 Å². The number of methoxy groups -OCH3 is 1. The van der Waals surface area contributed by atoms with Crippen LogP contribution in [0.15, 0.2) is 35.4 Å². The Balaban J connectivity index is 1.79. The normalized spacial score (nSPS) is 15.7. The Hall–Kier alpha value is -2.66. The van der Waals surface area contributed by atoms with E-state index in [-0.39, 0.29) is 18.0 Å². The summed E-state index contributed by atoms with van der Waals surface area (Å²) in [7, 11) is -2.40. The molecule has 0 unspecified atom stereocenters. The number of nitrogens with zero attached hydrogens (tertiary/aromatic N) is 5. The Morgan fingerprint density at radius 2 is 1.96 bits per heavy atom. The van der Waals surface area contributed by atoms with Crippen LogP contribution >= 0.6 is 0 Å². The summed E-state index contributed by atoms with van der Waals surface area (Å²) in [5.41, 5.74) is 0.941. The smallest absolute Gasteiger partial charge is 0.410 e. The zero-order valence-corrected chi connectivity index (χ0v) is 15.9. The lowest BCUT2D eigenvalue weighted by atomic mass is 10.2. The van der Waals surface area contributed by atoms with Gasteiger partial charge >= 0.3 is 5.82 Å². The van der Waals surface area contributed by atoms with Crippen molar-refractivity contribution in [1.82, 2.24) is 14.1 Å². The van der Waals surface area contributed by atoms with Gasteiger partial charge in [0.05, 0.1) is 25.0 Å². The Morgan fingerprint density at radius 3 is 2.56 bits per heavy atom. The van der Waals surface area contributed by atoms with Crippen LogP contribution in [0, 0.1) is 10.1 Å². The fourth-order valence-electron chi connectivity index (χ4n) is 3.00.